The molecular formula is C24H20N6O3S. The second-order valence-corrected chi connectivity index (χ2v) is 9.14. The molecule has 0 aliphatic heterocycles. The molecule has 1 atom stereocenters. The van der Waals surface area contributed by atoms with Crippen LogP contribution >= 0.6 is 11.8 Å². The predicted molar refractivity (Wildman–Crippen MR) is 133 cm³/mol. The van der Waals surface area contributed by atoms with E-state index in [1.54, 1.807) is 55.6 Å². The third kappa shape index (κ3) is 4.11. The fourth-order valence-electron chi connectivity index (χ4n) is 3.55. The highest BCUT2D eigenvalue weighted by Gasteiger charge is 2.21. The van der Waals surface area contributed by atoms with Gasteiger partial charge < -0.3 is 15.3 Å². The number of aryl methyl sites for hydroxylation is 1. The lowest BCUT2D eigenvalue weighted by atomic mass is 10.2. The first-order chi connectivity index (χ1) is 16.4. The fourth-order valence-corrected chi connectivity index (χ4v) is 4.47. The van der Waals surface area contributed by atoms with Gasteiger partial charge in [0.15, 0.2) is 5.16 Å². The van der Waals surface area contributed by atoms with Crippen LogP contribution in [0.5, 0.6) is 0 Å². The smallest absolute Gasteiger partial charge is 0.323 e. The van der Waals surface area contributed by atoms with E-state index in [9.17, 15) is 14.4 Å². The van der Waals surface area contributed by atoms with Crippen molar-refractivity contribution in [3.8, 4) is 5.82 Å². The van der Waals surface area contributed by atoms with Gasteiger partial charge in [0.1, 0.15) is 5.82 Å². The summed E-state index contributed by atoms with van der Waals surface area (Å²) in [5, 5.41) is 3.12. The zero-order chi connectivity index (χ0) is 23.8. The van der Waals surface area contributed by atoms with E-state index in [0.717, 1.165) is 5.56 Å². The number of carbonyl (C=O) groups is 1. The van der Waals surface area contributed by atoms with Crippen LogP contribution in [0.15, 0.2) is 75.5 Å². The number of hydrogen-bond acceptors (Lipinski definition) is 6. The van der Waals surface area contributed by atoms with E-state index in [1.165, 1.54) is 16.3 Å². The van der Waals surface area contributed by atoms with Crippen molar-refractivity contribution in [2.45, 2.75) is 24.3 Å². The molecule has 0 radical (unpaired) electrons. The summed E-state index contributed by atoms with van der Waals surface area (Å²) in [6.45, 7) is 3.66. The molecule has 0 saturated carbocycles. The molecule has 170 valence electrons. The lowest BCUT2D eigenvalue weighted by Crippen LogP contribution is -2.26. The normalized spacial score (nSPS) is 12.2. The van der Waals surface area contributed by atoms with Crippen LogP contribution in [0.25, 0.3) is 27.8 Å². The summed E-state index contributed by atoms with van der Waals surface area (Å²) in [6, 6.07) is 15.8. The number of carbonyl (C=O) groups excluding carboxylic acids is 1. The Kier molecular flexibility index (Phi) is 5.50. The van der Waals surface area contributed by atoms with Crippen molar-refractivity contribution < 1.29 is 4.79 Å². The van der Waals surface area contributed by atoms with Gasteiger partial charge in [0.05, 0.1) is 27.2 Å². The number of amides is 1. The van der Waals surface area contributed by atoms with Crippen molar-refractivity contribution in [2.24, 2.45) is 0 Å². The van der Waals surface area contributed by atoms with E-state index in [0.29, 0.717) is 38.6 Å². The Bertz CT molecular complexity index is 1650. The Morgan fingerprint density at radius 2 is 1.85 bits per heavy atom. The van der Waals surface area contributed by atoms with Gasteiger partial charge in [0.25, 0.3) is 5.56 Å². The predicted octanol–water partition coefficient (Wildman–Crippen LogP) is 3.38. The molecule has 3 aromatic heterocycles. The van der Waals surface area contributed by atoms with Crippen LogP contribution in [-0.2, 0) is 4.79 Å². The summed E-state index contributed by atoms with van der Waals surface area (Å²) in [4.78, 5) is 52.2. The summed E-state index contributed by atoms with van der Waals surface area (Å²) in [6.07, 6.45) is 1.68. The fraction of sp³-hybridized carbons (Fsp3) is 0.125. The number of aromatic amines is 2. The molecule has 0 spiro atoms. The Balaban J connectivity index is 1.48. The SMILES string of the molecule is Cc1ccc(-n2c(SC(C)C(=O)Nc3ccc4[nH]c(=O)[nH]c4c3)nc3ccccc3c2=O)nc1. The topological polar surface area (TPSA) is 126 Å². The number of nitrogens with zero attached hydrogens (tertiary/aromatic N) is 3. The number of anilines is 1. The molecule has 10 heteroatoms. The molecule has 0 fully saturated rings. The summed E-state index contributed by atoms with van der Waals surface area (Å²) in [5.41, 5.74) is 2.75. The number of aromatic nitrogens is 5. The summed E-state index contributed by atoms with van der Waals surface area (Å²) >= 11 is 1.17. The molecule has 0 saturated heterocycles. The Labute approximate surface area is 197 Å². The zero-order valence-corrected chi connectivity index (χ0v) is 19.1. The van der Waals surface area contributed by atoms with Gasteiger partial charge in [0, 0.05) is 11.9 Å². The maximum atomic E-state index is 13.3. The van der Waals surface area contributed by atoms with Gasteiger partial charge >= 0.3 is 5.69 Å². The van der Waals surface area contributed by atoms with E-state index in [2.05, 4.69) is 25.3 Å². The van der Waals surface area contributed by atoms with E-state index in [4.69, 9.17) is 0 Å². The van der Waals surface area contributed by atoms with Crippen molar-refractivity contribution >= 4 is 45.3 Å². The average Bonchev–Trinajstić information content (AvgIpc) is 3.19. The molecule has 1 unspecified atom stereocenters. The van der Waals surface area contributed by atoms with Gasteiger partial charge in [-0.05, 0) is 55.8 Å². The number of nitrogens with one attached hydrogen (secondary N) is 3. The number of para-hydroxylation sites is 1. The molecule has 5 rings (SSSR count). The zero-order valence-electron chi connectivity index (χ0n) is 18.3. The second kappa shape index (κ2) is 8.64. The lowest BCUT2D eigenvalue weighted by Gasteiger charge is -2.16. The molecule has 0 aliphatic rings. The molecule has 9 nitrogen and oxygen atoms in total. The van der Waals surface area contributed by atoms with Gasteiger partial charge in [0.2, 0.25) is 5.91 Å². The molecule has 0 aliphatic carbocycles. The summed E-state index contributed by atoms with van der Waals surface area (Å²) < 4.78 is 1.44. The number of benzene rings is 2. The molecule has 0 bridgehead atoms. The Morgan fingerprint density at radius 3 is 2.65 bits per heavy atom. The minimum absolute atomic E-state index is 0.251. The van der Waals surface area contributed by atoms with Gasteiger partial charge in [-0.25, -0.2) is 19.3 Å². The maximum Gasteiger partial charge on any atom is 0.323 e. The van der Waals surface area contributed by atoms with Crippen LogP contribution < -0.4 is 16.6 Å². The first-order valence-corrected chi connectivity index (χ1v) is 11.4. The van der Waals surface area contributed by atoms with Crippen LogP contribution in [0.1, 0.15) is 12.5 Å². The molecule has 3 N–H and O–H groups in total. The highest BCUT2D eigenvalue weighted by Crippen LogP contribution is 2.26. The minimum atomic E-state index is -0.578. The summed E-state index contributed by atoms with van der Waals surface area (Å²) in [5.74, 6) is 0.166. The van der Waals surface area contributed by atoms with Crippen molar-refractivity contribution in [1.29, 1.82) is 0 Å². The van der Waals surface area contributed by atoms with Crippen molar-refractivity contribution in [1.82, 2.24) is 24.5 Å². The average molecular weight is 473 g/mol. The van der Waals surface area contributed by atoms with Crippen LogP contribution in [-0.4, -0.2) is 35.7 Å². The first-order valence-electron chi connectivity index (χ1n) is 10.5. The van der Waals surface area contributed by atoms with E-state index >= 15 is 0 Å². The highest BCUT2D eigenvalue weighted by atomic mass is 32.2. The van der Waals surface area contributed by atoms with Crippen molar-refractivity contribution in [3.05, 3.63) is 87.2 Å². The van der Waals surface area contributed by atoms with Gasteiger partial charge in [-0.1, -0.05) is 30.0 Å². The van der Waals surface area contributed by atoms with Crippen LogP contribution in [0.2, 0.25) is 0 Å². The molecular weight excluding hydrogens is 452 g/mol. The number of rotatable bonds is 5. The van der Waals surface area contributed by atoms with Gasteiger partial charge in [-0.3, -0.25) is 9.59 Å². The van der Waals surface area contributed by atoms with E-state index in [-0.39, 0.29) is 17.2 Å². The number of fused-ring (bicyclic) bond motifs is 2. The van der Waals surface area contributed by atoms with Crippen LogP contribution in [0, 0.1) is 6.92 Å². The summed E-state index contributed by atoms with van der Waals surface area (Å²) in [7, 11) is 0. The van der Waals surface area contributed by atoms with Crippen LogP contribution in [0.4, 0.5) is 5.69 Å². The maximum absolute atomic E-state index is 13.3. The number of H-pyrrole nitrogens is 2. The van der Waals surface area contributed by atoms with E-state index in [1.807, 2.05) is 19.1 Å². The van der Waals surface area contributed by atoms with Crippen LogP contribution in [0.3, 0.4) is 0 Å². The van der Waals surface area contributed by atoms with Gasteiger partial charge in [-0.2, -0.15) is 0 Å². The van der Waals surface area contributed by atoms with E-state index < -0.39 is 5.25 Å². The molecule has 34 heavy (non-hydrogen) atoms. The Morgan fingerprint density at radius 1 is 1.06 bits per heavy atom. The molecule has 2 aromatic carbocycles. The quantitative estimate of drug-likeness (QED) is 0.266. The number of thioether (sulfide) groups is 1. The minimum Gasteiger partial charge on any atom is -0.325 e. The lowest BCUT2D eigenvalue weighted by molar-refractivity contribution is -0.115. The first kappa shape index (κ1) is 21.7. The standard InChI is InChI=1S/C24H20N6O3S/c1-13-7-10-20(25-12-13)30-22(32)16-5-3-4-6-17(16)29-24(30)34-14(2)21(31)26-15-8-9-18-19(11-15)28-23(33)27-18/h3-12,14H,1-2H3,(H,26,31)(H2,27,28,33). The number of pyridine rings is 1. The molecule has 1 amide bonds. The highest BCUT2D eigenvalue weighted by molar-refractivity contribution is 8.00. The molecule has 3 heterocycles. The number of hydrogen-bond donors (Lipinski definition) is 3. The number of imidazole rings is 1. The third-order valence-electron chi connectivity index (χ3n) is 5.30. The Hall–Kier alpha value is -4.18. The van der Waals surface area contributed by atoms with Crippen molar-refractivity contribution in [2.75, 3.05) is 5.32 Å². The largest absolute Gasteiger partial charge is 0.325 e. The molecule has 5 aromatic rings. The van der Waals surface area contributed by atoms with Crippen molar-refractivity contribution in [3.63, 3.8) is 0 Å². The monoisotopic (exact) mass is 472 g/mol. The third-order valence-corrected chi connectivity index (χ3v) is 6.36. The second-order valence-electron chi connectivity index (χ2n) is 7.83. The van der Waals surface area contributed by atoms with Gasteiger partial charge in [-0.15, -0.1) is 0 Å².